The number of hydrogen-bond acceptors (Lipinski definition) is 7. The molecule has 7 nitrogen and oxygen atoms in total. The molecule has 8 heteroatoms. The molecule has 0 bridgehead atoms. The second kappa shape index (κ2) is 7.11. The van der Waals surface area contributed by atoms with Crippen molar-refractivity contribution in [3.05, 3.63) is 10.3 Å². The maximum Gasteiger partial charge on any atom is 0.268 e. The summed E-state index contributed by atoms with van der Waals surface area (Å²) < 4.78 is 16.8. The summed E-state index contributed by atoms with van der Waals surface area (Å²) in [5.41, 5.74) is -1.04. The Balaban J connectivity index is 1.50. The fourth-order valence-electron chi connectivity index (χ4n) is 3.70. The van der Waals surface area contributed by atoms with Crippen LogP contribution >= 0.6 is 11.3 Å². The van der Waals surface area contributed by atoms with Gasteiger partial charge in [-0.25, -0.2) is 0 Å². The third kappa shape index (κ3) is 3.62. The molecule has 4 rings (SSSR count). The lowest BCUT2D eigenvalue weighted by molar-refractivity contribution is -0.0524. The van der Waals surface area contributed by atoms with Crippen LogP contribution in [0.15, 0.2) is 5.38 Å². The number of hydrogen-bond donors (Lipinski definition) is 1. The number of rotatable bonds is 3. The molecule has 25 heavy (non-hydrogen) atoms. The topological polar surface area (TPSA) is 71.5 Å². The second-order valence-electron chi connectivity index (χ2n) is 6.94. The van der Waals surface area contributed by atoms with Gasteiger partial charge in [0, 0.05) is 18.5 Å². The molecular weight excluding hydrogens is 344 g/mol. The SMILES string of the molecule is O=C(c1scc2c1OCCO2)N1CCOC[C@](O)(CN2CCCC2)C1. The van der Waals surface area contributed by atoms with E-state index in [1.165, 1.54) is 11.3 Å². The van der Waals surface area contributed by atoms with E-state index in [1.54, 1.807) is 4.90 Å². The number of thiophene rings is 1. The van der Waals surface area contributed by atoms with Crippen LogP contribution < -0.4 is 9.47 Å². The minimum atomic E-state index is -1.04. The van der Waals surface area contributed by atoms with Gasteiger partial charge in [0.05, 0.1) is 19.8 Å². The highest BCUT2D eigenvalue weighted by Gasteiger charge is 2.38. The van der Waals surface area contributed by atoms with Crippen molar-refractivity contribution in [2.45, 2.75) is 18.4 Å². The van der Waals surface area contributed by atoms with E-state index < -0.39 is 5.60 Å². The van der Waals surface area contributed by atoms with Gasteiger partial charge >= 0.3 is 0 Å². The minimum absolute atomic E-state index is 0.123. The first-order chi connectivity index (χ1) is 12.1. The summed E-state index contributed by atoms with van der Waals surface area (Å²) in [5.74, 6) is 1.05. The number of amides is 1. The molecule has 0 aromatic carbocycles. The van der Waals surface area contributed by atoms with Crippen molar-refractivity contribution in [3.63, 3.8) is 0 Å². The zero-order chi connectivity index (χ0) is 17.3. The number of likely N-dealkylation sites (tertiary alicyclic amines) is 1. The van der Waals surface area contributed by atoms with E-state index in [2.05, 4.69) is 4.90 Å². The summed E-state index contributed by atoms with van der Waals surface area (Å²) in [6.45, 7) is 4.92. The Kier molecular flexibility index (Phi) is 4.86. The smallest absolute Gasteiger partial charge is 0.268 e. The van der Waals surface area contributed by atoms with Gasteiger partial charge in [-0.2, -0.15) is 0 Å². The fourth-order valence-corrected chi connectivity index (χ4v) is 4.59. The predicted molar refractivity (Wildman–Crippen MR) is 92.7 cm³/mol. The van der Waals surface area contributed by atoms with Crippen LogP contribution in [0.2, 0.25) is 0 Å². The van der Waals surface area contributed by atoms with E-state index in [0.29, 0.717) is 49.3 Å². The molecule has 0 saturated carbocycles. The lowest BCUT2D eigenvalue weighted by atomic mass is 10.0. The summed E-state index contributed by atoms with van der Waals surface area (Å²) in [7, 11) is 0. The van der Waals surface area contributed by atoms with E-state index >= 15 is 0 Å². The van der Waals surface area contributed by atoms with Gasteiger partial charge in [0.15, 0.2) is 11.5 Å². The second-order valence-corrected chi connectivity index (χ2v) is 7.82. The molecule has 1 atom stereocenters. The Morgan fingerprint density at radius 2 is 2.00 bits per heavy atom. The van der Waals surface area contributed by atoms with E-state index in [0.717, 1.165) is 25.9 Å². The summed E-state index contributed by atoms with van der Waals surface area (Å²) >= 11 is 1.33. The average molecular weight is 368 g/mol. The van der Waals surface area contributed by atoms with Crippen LogP contribution in [0.4, 0.5) is 0 Å². The first-order valence-electron chi connectivity index (χ1n) is 8.83. The Morgan fingerprint density at radius 1 is 1.20 bits per heavy atom. The molecule has 0 radical (unpaired) electrons. The van der Waals surface area contributed by atoms with Crippen LogP contribution in [0.25, 0.3) is 0 Å². The molecule has 3 aliphatic rings. The number of fused-ring (bicyclic) bond motifs is 1. The van der Waals surface area contributed by atoms with Gasteiger partial charge in [-0.05, 0) is 25.9 Å². The highest BCUT2D eigenvalue weighted by atomic mass is 32.1. The maximum atomic E-state index is 13.0. The third-order valence-corrected chi connectivity index (χ3v) is 5.79. The summed E-state index contributed by atoms with van der Waals surface area (Å²) in [4.78, 5) is 17.5. The molecule has 1 amide bonds. The van der Waals surface area contributed by atoms with Crippen LogP contribution in [0.3, 0.4) is 0 Å². The number of nitrogens with zero attached hydrogens (tertiary/aromatic N) is 2. The van der Waals surface area contributed by atoms with E-state index in [-0.39, 0.29) is 19.1 Å². The Bertz CT molecular complexity index is 631. The van der Waals surface area contributed by atoms with Crippen molar-refractivity contribution in [1.82, 2.24) is 9.80 Å². The van der Waals surface area contributed by atoms with Gasteiger partial charge in [-0.15, -0.1) is 11.3 Å². The maximum absolute atomic E-state index is 13.0. The van der Waals surface area contributed by atoms with E-state index in [9.17, 15) is 9.90 Å². The largest absolute Gasteiger partial charge is 0.485 e. The number of β-amino-alcohol motifs (C(OH)–C–C–N with tert-alkyl or cyclic N) is 1. The molecule has 2 saturated heterocycles. The molecule has 2 fully saturated rings. The third-order valence-electron chi connectivity index (χ3n) is 4.86. The van der Waals surface area contributed by atoms with E-state index in [1.807, 2.05) is 5.38 Å². The highest BCUT2D eigenvalue weighted by Crippen LogP contribution is 2.40. The molecule has 1 aromatic heterocycles. The number of carbonyl (C=O) groups is 1. The summed E-state index contributed by atoms with van der Waals surface area (Å²) in [6.07, 6.45) is 2.33. The molecule has 0 aliphatic carbocycles. The minimum Gasteiger partial charge on any atom is -0.485 e. The van der Waals surface area contributed by atoms with Gasteiger partial charge in [-0.3, -0.25) is 4.79 Å². The Hall–Kier alpha value is -1.35. The quantitative estimate of drug-likeness (QED) is 0.852. The lowest BCUT2D eigenvalue weighted by Crippen LogP contribution is -2.52. The number of aliphatic hydroxyl groups is 1. The molecular formula is C17H24N2O5S. The predicted octanol–water partition coefficient (Wildman–Crippen LogP) is 0.819. The Morgan fingerprint density at radius 3 is 2.84 bits per heavy atom. The van der Waals surface area contributed by atoms with Crippen LogP contribution in [0, 0.1) is 0 Å². The fraction of sp³-hybridized carbons (Fsp3) is 0.706. The van der Waals surface area contributed by atoms with Gasteiger partial charge in [0.1, 0.15) is 23.7 Å². The zero-order valence-electron chi connectivity index (χ0n) is 14.2. The molecule has 138 valence electrons. The molecule has 1 N–H and O–H groups in total. The highest BCUT2D eigenvalue weighted by molar-refractivity contribution is 7.12. The monoisotopic (exact) mass is 368 g/mol. The average Bonchev–Trinajstić information content (AvgIpc) is 3.22. The number of ether oxygens (including phenoxy) is 3. The number of carbonyl (C=O) groups excluding carboxylic acids is 1. The lowest BCUT2D eigenvalue weighted by Gasteiger charge is -2.34. The van der Waals surface area contributed by atoms with Crippen molar-refractivity contribution in [2.75, 3.05) is 59.2 Å². The van der Waals surface area contributed by atoms with Crippen LogP contribution in [0.5, 0.6) is 11.5 Å². The van der Waals surface area contributed by atoms with Crippen molar-refractivity contribution >= 4 is 17.2 Å². The van der Waals surface area contributed by atoms with E-state index in [4.69, 9.17) is 14.2 Å². The van der Waals surface area contributed by atoms with Crippen molar-refractivity contribution in [3.8, 4) is 11.5 Å². The molecule has 3 aliphatic heterocycles. The van der Waals surface area contributed by atoms with Gasteiger partial charge < -0.3 is 29.1 Å². The molecule has 0 unspecified atom stereocenters. The molecule has 4 heterocycles. The van der Waals surface area contributed by atoms with Crippen LogP contribution in [0.1, 0.15) is 22.5 Å². The van der Waals surface area contributed by atoms with Crippen LogP contribution in [-0.4, -0.2) is 85.6 Å². The van der Waals surface area contributed by atoms with Crippen molar-refractivity contribution in [2.24, 2.45) is 0 Å². The summed E-state index contributed by atoms with van der Waals surface area (Å²) in [6, 6.07) is 0. The Labute approximate surface area is 151 Å². The van der Waals surface area contributed by atoms with Crippen molar-refractivity contribution in [1.29, 1.82) is 0 Å². The molecule has 1 aromatic rings. The normalized spacial score (nSPS) is 27.3. The van der Waals surface area contributed by atoms with Gasteiger partial charge in [0.2, 0.25) is 0 Å². The van der Waals surface area contributed by atoms with Crippen LogP contribution in [-0.2, 0) is 4.74 Å². The first-order valence-corrected chi connectivity index (χ1v) is 9.71. The van der Waals surface area contributed by atoms with Gasteiger partial charge in [0.25, 0.3) is 5.91 Å². The standard InChI is InChI=1S/C17H24N2O5S/c20-16(15-14-13(9-25-15)23-7-8-24-14)19-5-6-22-12-17(21,11-19)10-18-3-1-2-4-18/h9,21H,1-8,10-12H2/t17-/m0/s1. The zero-order valence-corrected chi connectivity index (χ0v) is 15.1. The first kappa shape index (κ1) is 17.1. The van der Waals surface area contributed by atoms with Crippen molar-refractivity contribution < 1.29 is 24.1 Å². The molecule has 0 spiro atoms. The summed E-state index contributed by atoms with van der Waals surface area (Å²) in [5, 5.41) is 12.9. The van der Waals surface area contributed by atoms with Gasteiger partial charge in [-0.1, -0.05) is 0 Å².